The van der Waals surface area contributed by atoms with E-state index in [0.717, 1.165) is 51.0 Å². The highest BCUT2D eigenvalue weighted by Crippen LogP contribution is 2.53. The molecule has 300 valence electrons. The fourth-order valence-corrected chi connectivity index (χ4v) is 11.0. The van der Waals surface area contributed by atoms with Crippen molar-refractivity contribution >= 4 is 43.7 Å². The van der Waals surface area contributed by atoms with Gasteiger partial charge in [-0.25, -0.2) is 15.0 Å². The molecule has 3 aromatic heterocycles. The van der Waals surface area contributed by atoms with Crippen LogP contribution in [0.3, 0.4) is 0 Å². The molecule has 8 aromatic carbocycles. The summed E-state index contributed by atoms with van der Waals surface area (Å²) >= 11 is 0. The van der Waals surface area contributed by atoms with Gasteiger partial charge in [-0.05, 0) is 99.3 Å². The van der Waals surface area contributed by atoms with Crippen LogP contribution in [0.5, 0.6) is 0 Å². The average Bonchev–Trinajstić information content (AvgIpc) is 3.96. The van der Waals surface area contributed by atoms with Gasteiger partial charge in [0.15, 0.2) is 11.6 Å². The van der Waals surface area contributed by atoms with E-state index in [9.17, 15) is 0 Å². The zero-order chi connectivity index (χ0) is 42.0. The summed E-state index contributed by atoms with van der Waals surface area (Å²) in [6.07, 6.45) is 0.907. The molecule has 5 nitrogen and oxygen atoms in total. The first-order chi connectivity index (χ1) is 30.9. The molecule has 2 atom stereocenters. The van der Waals surface area contributed by atoms with Gasteiger partial charge in [-0.2, -0.15) is 0 Å². The van der Waals surface area contributed by atoms with Crippen LogP contribution in [0, 0.1) is 0 Å². The summed E-state index contributed by atoms with van der Waals surface area (Å²) in [5.74, 6) is 2.23. The third-order valence-corrected chi connectivity index (χ3v) is 14.2. The Labute approximate surface area is 365 Å². The average molecular weight is 811 g/mol. The third-order valence-electron chi connectivity index (χ3n) is 14.2. The van der Waals surface area contributed by atoms with Gasteiger partial charge >= 0.3 is 0 Å². The van der Waals surface area contributed by atoms with Crippen molar-refractivity contribution in [2.24, 2.45) is 0 Å². The summed E-state index contributed by atoms with van der Waals surface area (Å²) < 4.78 is 8.80. The molecule has 63 heavy (non-hydrogen) atoms. The Morgan fingerprint density at radius 1 is 0.556 bits per heavy atom. The topological polar surface area (TPSA) is 56.7 Å². The molecule has 2 aliphatic carbocycles. The molecule has 0 amide bonds. The number of para-hydroxylation sites is 2. The van der Waals surface area contributed by atoms with Crippen molar-refractivity contribution in [3.05, 3.63) is 204 Å². The third kappa shape index (κ3) is 5.32. The maximum Gasteiger partial charge on any atom is 0.163 e. The van der Waals surface area contributed by atoms with Crippen LogP contribution >= 0.6 is 0 Å². The fourth-order valence-electron chi connectivity index (χ4n) is 11.0. The predicted molar refractivity (Wildman–Crippen MR) is 257 cm³/mol. The maximum absolute atomic E-state index is 6.39. The number of fused-ring (bicyclic) bond motifs is 13. The molecule has 0 fully saturated rings. The normalized spacial score (nSPS) is 15.4. The molecule has 0 radical (unpaired) electrons. The lowest BCUT2D eigenvalue weighted by Crippen LogP contribution is -2.19. The monoisotopic (exact) mass is 810 g/mol. The van der Waals surface area contributed by atoms with Crippen LogP contribution in [-0.4, -0.2) is 19.5 Å². The van der Waals surface area contributed by atoms with Gasteiger partial charge in [-0.3, -0.25) is 0 Å². The molecule has 0 spiro atoms. The van der Waals surface area contributed by atoms with Crippen molar-refractivity contribution in [1.29, 1.82) is 0 Å². The molecule has 5 heteroatoms. The highest BCUT2D eigenvalue weighted by Gasteiger charge is 2.37. The Kier molecular flexibility index (Phi) is 7.69. The summed E-state index contributed by atoms with van der Waals surface area (Å²) in [4.78, 5) is 16.1. The summed E-state index contributed by atoms with van der Waals surface area (Å²) in [6, 6.07) is 63.4. The Bertz CT molecular complexity index is 3680. The van der Waals surface area contributed by atoms with E-state index in [0.29, 0.717) is 11.6 Å². The molecule has 2 unspecified atom stereocenters. The number of furan rings is 1. The first kappa shape index (κ1) is 36.1. The summed E-state index contributed by atoms with van der Waals surface area (Å²) in [7, 11) is 0. The van der Waals surface area contributed by atoms with E-state index in [1.807, 2.05) is 12.1 Å². The second kappa shape index (κ2) is 13.4. The number of hydrogen-bond donors (Lipinski definition) is 0. The van der Waals surface area contributed by atoms with Gasteiger partial charge < -0.3 is 8.98 Å². The quantitative estimate of drug-likeness (QED) is 0.174. The minimum Gasteiger partial charge on any atom is -0.456 e. The van der Waals surface area contributed by atoms with E-state index >= 15 is 0 Å². The largest absolute Gasteiger partial charge is 0.456 e. The van der Waals surface area contributed by atoms with Gasteiger partial charge in [0.05, 0.1) is 11.0 Å². The van der Waals surface area contributed by atoms with Crippen molar-refractivity contribution < 1.29 is 4.42 Å². The van der Waals surface area contributed by atoms with Crippen LogP contribution < -0.4 is 0 Å². The molecule has 13 rings (SSSR count). The lowest BCUT2D eigenvalue weighted by Gasteiger charge is -2.31. The smallest absolute Gasteiger partial charge is 0.163 e. The van der Waals surface area contributed by atoms with Crippen LogP contribution in [0.4, 0.5) is 0 Å². The van der Waals surface area contributed by atoms with E-state index in [-0.39, 0.29) is 17.3 Å². The Balaban J connectivity index is 0.993. The fraction of sp³-hybridized carbons (Fsp3) is 0.121. The van der Waals surface area contributed by atoms with Crippen molar-refractivity contribution in [2.75, 3.05) is 0 Å². The molecule has 0 saturated carbocycles. The second-order valence-corrected chi connectivity index (χ2v) is 17.9. The van der Waals surface area contributed by atoms with Gasteiger partial charge in [-0.15, -0.1) is 0 Å². The van der Waals surface area contributed by atoms with Crippen molar-refractivity contribution in [3.8, 4) is 50.7 Å². The molecule has 0 N–H and O–H groups in total. The summed E-state index contributed by atoms with van der Waals surface area (Å²) in [5.41, 5.74) is 17.5. The zero-order valence-electron chi connectivity index (χ0n) is 35.3. The van der Waals surface area contributed by atoms with Crippen LogP contribution in [0.2, 0.25) is 0 Å². The molecule has 0 aliphatic heterocycles. The molecular weight excluding hydrogens is 769 g/mol. The van der Waals surface area contributed by atoms with E-state index in [2.05, 4.69) is 189 Å². The minimum atomic E-state index is -0.0908. The zero-order valence-corrected chi connectivity index (χ0v) is 35.3. The van der Waals surface area contributed by atoms with Gasteiger partial charge in [0.1, 0.15) is 17.0 Å². The second-order valence-electron chi connectivity index (χ2n) is 17.9. The van der Waals surface area contributed by atoms with E-state index in [1.165, 1.54) is 66.3 Å². The van der Waals surface area contributed by atoms with Crippen LogP contribution in [0.15, 0.2) is 180 Å². The van der Waals surface area contributed by atoms with E-state index in [4.69, 9.17) is 19.4 Å². The highest BCUT2D eigenvalue weighted by atomic mass is 16.3. The molecular formula is C58H42N4O. The number of nitrogens with zero attached hydrogens (tertiary/aromatic N) is 4. The number of rotatable bonds is 5. The van der Waals surface area contributed by atoms with Crippen LogP contribution in [0.25, 0.3) is 94.5 Å². The highest BCUT2D eigenvalue weighted by molar-refractivity contribution is 6.18. The summed E-state index contributed by atoms with van der Waals surface area (Å²) in [6.45, 7) is 6.99. The predicted octanol–water partition coefficient (Wildman–Crippen LogP) is 14.6. The van der Waals surface area contributed by atoms with Gasteiger partial charge in [0.2, 0.25) is 0 Å². The molecule has 0 bridgehead atoms. The molecule has 2 aliphatic rings. The van der Waals surface area contributed by atoms with Crippen LogP contribution in [-0.2, 0) is 11.8 Å². The number of aromatic nitrogens is 4. The lowest BCUT2D eigenvalue weighted by molar-refractivity contribution is 0.541. The van der Waals surface area contributed by atoms with Gasteiger partial charge in [0.25, 0.3) is 0 Å². The first-order valence-corrected chi connectivity index (χ1v) is 22.0. The van der Waals surface area contributed by atoms with E-state index < -0.39 is 0 Å². The van der Waals surface area contributed by atoms with Gasteiger partial charge in [-0.1, -0.05) is 154 Å². The number of benzene rings is 8. The SMILES string of the molecule is CC(c1nc(-c2cccc(-n3c4ccccc4c4c5c(ccc43)C(C)(C)c3ccccc3-5)c2)nc(-c2ccc3c(c2)oc2ccccc23)n1)C1Cc2ccccc2-c2ccccc21. The van der Waals surface area contributed by atoms with E-state index in [1.54, 1.807) is 0 Å². The first-order valence-electron chi connectivity index (χ1n) is 22.0. The molecule has 3 heterocycles. The van der Waals surface area contributed by atoms with Crippen LogP contribution in [0.1, 0.15) is 60.7 Å². The Morgan fingerprint density at radius 2 is 1.25 bits per heavy atom. The maximum atomic E-state index is 6.39. The lowest BCUT2D eigenvalue weighted by atomic mass is 9.73. The van der Waals surface area contributed by atoms with Crippen molar-refractivity contribution in [3.63, 3.8) is 0 Å². The van der Waals surface area contributed by atoms with Crippen molar-refractivity contribution in [1.82, 2.24) is 19.5 Å². The number of hydrogen-bond acceptors (Lipinski definition) is 4. The Morgan fingerprint density at radius 3 is 2.13 bits per heavy atom. The molecule has 0 saturated heterocycles. The van der Waals surface area contributed by atoms with Crippen molar-refractivity contribution in [2.45, 2.75) is 44.4 Å². The van der Waals surface area contributed by atoms with Gasteiger partial charge in [0, 0.05) is 49.7 Å². The standard InChI is InChI=1S/C58H42N4O/c1-34(46-32-35-15-4-5-18-39(35)40-19-6-7-20-41(40)46)55-59-56(61-57(60-55)37-27-28-43-42-21-10-13-26-51(42)63-52(43)33-37)36-16-14-17-38(31-36)62-49-25-12-9-23-45(49)54-50(62)30-29-48-53(54)44-22-8-11-24-47(44)58(48,2)3/h4-31,33-34,46H,32H2,1-3H3. The summed E-state index contributed by atoms with van der Waals surface area (Å²) in [5, 5.41) is 4.71. The molecule has 11 aromatic rings. The minimum absolute atomic E-state index is 0.00956. The Hall–Kier alpha value is -7.63.